The number of rotatable bonds is 2. The highest BCUT2D eigenvalue weighted by atomic mass is 16.5. The van der Waals surface area contributed by atoms with Crippen LogP contribution in [0.1, 0.15) is 27.2 Å². The number of ether oxygens (including phenoxy) is 2. The van der Waals surface area contributed by atoms with Gasteiger partial charge in [0, 0.05) is 18.5 Å². The summed E-state index contributed by atoms with van der Waals surface area (Å²) in [6.07, 6.45) is 1.09. The molecule has 0 bridgehead atoms. The number of hydrogen-bond acceptors (Lipinski definition) is 3. The Morgan fingerprint density at radius 3 is 2.65 bits per heavy atom. The van der Waals surface area contributed by atoms with E-state index in [1.807, 2.05) is 24.3 Å². The summed E-state index contributed by atoms with van der Waals surface area (Å²) in [7, 11) is 0. The summed E-state index contributed by atoms with van der Waals surface area (Å²) < 4.78 is 11.6. The van der Waals surface area contributed by atoms with Gasteiger partial charge in [0.15, 0.2) is 11.5 Å². The summed E-state index contributed by atoms with van der Waals surface area (Å²) in [5, 5.41) is 3.47. The van der Waals surface area contributed by atoms with Gasteiger partial charge in [0.05, 0.1) is 6.61 Å². The molecule has 1 heterocycles. The lowest BCUT2D eigenvalue weighted by Crippen LogP contribution is -2.42. The summed E-state index contributed by atoms with van der Waals surface area (Å²) in [6.45, 7) is 8.05. The summed E-state index contributed by atoms with van der Waals surface area (Å²) in [5.41, 5.74) is 0.121. The second-order valence-electron chi connectivity index (χ2n) is 5.45. The van der Waals surface area contributed by atoms with Crippen molar-refractivity contribution < 1.29 is 9.47 Å². The number of fused-ring (bicyclic) bond motifs is 1. The van der Waals surface area contributed by atoms with Gasteiger partial charge in [0.1, 0.15) is 6.10 Å². The molecule has 0 spiro atoms. The summed E-state index contributed by atoms with van der Waals surface area (Å²) in [5.74, 6) is 1.71. The molecule has 17 heavy (non-hydrogen) atoms. The van der Waals surface area contributed by atoms with Gasteiger partial charge >= 0.3 is 0 Å². The van der Waals surface area contributed by atoms with E-state index in [2.05, 4.69) is 26.1 Å². The van der Waals surface area contributed by atoms with Crippen LogP contribution in [0.3, 0.4) is 0 Å². The van der Waals surface area contributed by atoms with E-state index in [1.165, 1.54) is 0 Å². The minimum Gasteiger partial charge on any atom is -0.490 e. The largest absolute Gasteiger partial charge is 0.490 e. The van der Waals surface area contributed by atoms with Crippen LogP contribution in [-0.4, -0.2) is 24.8 Å². The highest BCUT2D eigenvalue weighted by Gasteiger charge is 2.20. The molecule has 3 nitrogen and oxygen atoms in total. The van der Waals surface area contributed by atoms with Gasteiger partial charge in [-0.15, -0.1) is 0 Å². The molecule has 1 N–H and O–H groups in total. The monoisotopic (exact) mass is 235 g/mol. The van der Waals surface area contributed by atoms with Crippen molar-refractivity contribution in [1.29, 1.82) is 0 Å². The maximum Gasteiger partial charge on any atom is 0.161 e. The minimum atomic E-state index is 0.121. The van der Waals surface area contributed by atoms with Crippen LogP contribution in [0.15, 0.2) is 24.3 Å². The summed E-state index contributed by atoms with van der Waals surface area (Å²) in [6, 6.07) is 7.86. The maximum absolute atomic E-state index is 5.96. The first-order valence-corrected chi connectivity index (χ1v) is 6.18. The van der Waals surface area contributed by atoms with E-state index in [0.717, 1.165) is 24.5 Å². The highest BCUT2D eigenvalue weighted by molar-refractivity contribution is 5.40. The first-order chi connectivity index (χ1) is 8.04. The molecule has 1 aliphatic rings. The second-order valence-corrected chi connectivity index (χ2v) is 5.45. The molecule has 94 valence electrons. The zero-order chi connectivity index (χ0) is 12.3. The first-order valence-electron chi connectivity index (χ1n) is 6.18. The van der Waals surface area contributed by atoms with E-state index in [1.54, 1.807) is 0 Å². The van der Waals surface area contributed by atoms with Gasteiger partial charge < -0.3 is 14.8 Å². The fraction of sp³-hybridized carbons (Fsp3) is 0.571. The van der Waals surface area contributed by atoms with E-state index in [-0.39, 0.29) is 11.6 Å². The molecule has 0 saturated carbocycles. The molecule has 0 fully saturated rings. The van der Waals surface area contributed by atoms with Gasteiger partial charge in [-0.2, -0.15) is 0 Å². The van der Waals surface area contributed by atoms with Crippen molar-refractivity contribution in [2.45, 2.75) is 38.8 Å². The predicted molar refractivity (Wildman–Crippen MR) is 68.7 cm³/mol. The van der Waals surface area contributed by atoms with Crippen molar-refractivity contribution in [3.05, 3.63) is 24.3 Å². The normalized spacial score (nSPS) is 19.8. The molecular formula is C14H21NO2. The van der Waals surface area contributed by atoms with E-state index in [0.29, 0.717) is 6.61 Å². The molecule has 0 amide bonds. The molecule has 0 radical (unpaired) electrons. The standard InChI is InChI=1S/C14H21NO2/c1-14(2,3)15-10-11-8-9-16-12-6-4-5-7-13(12)17-11/h4-7,11,15H,8-10H2,1-3H3. The Labute approximate surface area is 103 Å². The average molecular weight is 235 g/mol. The molecule has 0 aromatic heterocycles. The van der Waals surface area contributed by atoms with Crippen LogP contribution in [0.25, 0.3) is 0 Å². The van der Waals surface area contributed by atoms with Gasteiger partial charge in [-0.1, -0.05) is 12.1 Å². The Hall–Kier alpha value is -1.22. The van der Waals surface area contributed by atoms with Gasteiger partial charge in [0.2, 0.25) is 0 Å². The summed E-state index contributed by atoms with van der Waals surface area (Å²) >= 11 is 0. The van der Waals surface area contributed by atoms with Crippen LogP contribution in [0.4, 0.5) is 0 Å². The Kier molecular flexibility index (Phi) is 3.57. The second kappa shape index (κ2) is 4.96. The summed E-state index contributed by atoms with van der Waals surface area (Å²) in [4.78, 5) is 0. The van der Waals surface area contributed by atoms with Crippen molar-refractivity contribution in [2.24, 2.45) is 0 Å². The lowest BCUT2D eigenvalue weighted by atomic mass is 10.1. The number of hydrogen-bond donors (Lipinski definition) is 1. The molecule has 1 aromatic rings. The molecule has 0 aliphatic carbocycles. The lowest BCUT2D eigenvalue weighted by Gasteiger charge is -2.24. The Morgan fingerprint density at radius 1 is 1.24 bits per heavy atom. The van der Waals surface area contributed by atoms with Crippen molar-refractivity contribution in [2.75, 3.05) is 13.2 Å². The first kappa shape index (κ1) is 12.2. The SMILES string of the molecule is CC(C)(C)NCC1CCOc2ccccc2O1. The third-order valence-corrected chi connectivity index (χ3v) is 2.70. The van der Waals surface area contributed by atoms with E-state index >= 15 is 0 Å². The number of benzene rings is 1. The maximum atomic E-state index is 5.96. The molecule has 1 unspecified atom stereocenters. The van der Waals surface area contributed by atoms with E-state index in [4.69, 9.17) is 9.47 Å². The van der Waals surface area contributed by atoms with Crippen molar-refractivity contribution in [3.8, 4) is 11.5 Å². The number of nitrogens with one attached hydrogen (secondary N) is 1. The van der Waals surface area contributed by atoms with Gasteiger partial charge in [-0.3, -0.25) is 0 Å². The minimum absolute atomic E-state index is 0.121. The molecule has 2 rings (SSSR count). The Bertz CT molecular complexity index is 371. The molecule has 1 aliphatic heterocycles. The van der Waals surface area contributed by atoms with Crippen LogP contribution in [0, 0.1) is 0 Å². The molecule has 0 saturated heterocycles. The van der Waals surface area contributed by atoms with Crippen LogP contribution < -0.4 is 14.8 Å². The zero-order valence-electron chi connectivity index (χ0n) is 10.8. The molecule has 3 heteroatoms. The fourth-order valence-corrected chi connectivity index (χ4v) is 1.77. The smallest absolute Gasteiger partial charge is 0.161 e. The Morgan fingerprint density at radius 2 is 1.94 bits per heavy atom. The van der Waals surface area contributed by atoms with Gasteiger partial charge in [0.25, 0.3) is 0 Å². The van der Waals surface area contributed by atoms with Gasteiger partial charge in [-0.25, -0.2) is 0 Å². The highest BCUT2D eigenvalue weighted by Crippen LogP contribution is 2.30. The lowest BCUT2D eigenvalue weighted by molar-refractivity contribution is 0.176. The van der Waals surface area contributed by atoms with Gasteiger partial charge in [-0.05, 0) is 32.9 Å². The third-order valence-electron chi connectivity index (χ3n) is 2.70. The van der Waals surface area contributed by atoms with Crippen LogP contribution in [0.5, 0.6) is 11.5 Å². The fourth-order valence-electron chi connectivity index (χ4n) is 1.77. The molecule has 1 aromatic carbocycles. The van der Waals surface area contributed by atoms with Crippen molar-refractivity contribution in [3.63, 3.8) is 0 Å². The van der Waals surface area contributed by atoms with Crippen molar-refractivity contribution in [1.82, 2.24) is 5.32 Å². The third kappa shape index (κ3) is 3.63. The van der Waals surface area contributed by atoms with E-state index < -0.39 is 0 Å². The van der Waals surface area contributed by atoms with Crippen LogP contribution >= 0.6 is 0 Å². The Balaban J connectivity index is 1.98. The molecule has 1 atom stereocenters. The number of para-hydroxylation sites is 2. The molecular weight excluding hydrogens is 214 g/mol. The van der Waals surface area contributed by atoms with E-state index in [9.17, 15) is 0 Å². The predicted octanol–water partition coefficient (Wildman–Crippen LogP) is 2.60. The average Bonchev–Trinajstić information content (AvgIpc) is 2.47. The topological polar surface area (TPSA) is 30.5 Å². The van der Waals surface area contributed by atoms with Crippen molar-refractivity contribution >= 4 is 0 Å². The van der Waals surface area contributed by atoms with Crippen LogP contribution in [0.2, 0.25) is 0 Å². The zero-order valence-corrected chi connectivity index (χ0v) is 10.8. The van der Waals surface area contributed by atoms with Crippen LogP contribution in [-0.2, 0) is 0 Å². The quantitative estimate of drug-likeness (QED) is 0.854.